The zero-order chi connectivity index (χ0) is 18.4. The SMILES string of the molecule is Cc1ccc(C)c(OCCNC(=O)COc2cc(C)c(Cl)c(C)c2)c1. The number of amides is 1. The van der Waals surface area contributed by atoms with Gasteiger partial charge >= 0.3 is 0 Å². The number of hydrogen-bond acceptors (Lipinski definition) is 3. The van der Waals surface area contributed by atoms with Crippen molar-refractivity contribution in [1.82, 2.24) is 5.32 Å². The summed E-state index contributed by atoms with van der Waals surface area (Å²) in [6, 6.07) is 9.71. The average molecular weight is 362 g/mol. The zero-order valence-corrected chi connectivity index (χ0v) is 15.9. The fourth-order valence-corrected chi connectivity index (χ4v) is 2.51. The van der Waals surface area contributed by atoms with E-state index in [1.807, 2.05) is 58.0 Å². The van der Waals surface area contributed by atoms with Crippen molar-refractivity contribution in [3.05, 3.63) is 57.6 Å². The second-order valence-electron chi connectivity index (χ2n) is 6.13. The van der Waals surface area contributed by atoms with Gasteiger partial charge in [-0.1, -0.05) is 23.7 Å². The van der Waals surface area contributed by atoms with Crippen LogP contribution in [0.15, 0.2) is 30.3 Å². The number of halogens is 1. The van der Waals surface area contributed by atoms with Gasteiger partial charge in [0, 0.05) is 5.02 Å². The molecule has 0 unspecified atom stereocenters. The maximum atomic E-state index is 11.9. The summed E-state index contributed by atoms with van der Waals surface area (Å²) in [4.78, 5) is 11.9. The summed E-state index contributed by atoms with van der Waals surface area (Å²) in [5.74, 6) is 1.30. The number of nitrogens with one attached hydrogen (secondary N) is 1. The van der Waals surface area contributed by atoms with Crippen molar-refractivity contribution in [2.45, 2.75) is 27.7 Å². The normalized spacial score (nSPS) is 10.4. The summed E-state index contributed by atoms with van der Waals surface area (Å²) in [5, 5.41) is 3.51. The molecule has 0 aromatic heterocycles. The van der Waals surface area contributed by atoms with Crippen molar-refractivity contribution in [2.24, 2.45) is 0 Å². The van der Waals surface area contributed by atoms with Crippen molar-refractivity contribution in [1.29, 1.82) is 0 Å². The maximum Gasteiger partial charge on any atom is 0.258 e. The van der Waals surface area contributed by atoms with Gasteiger partial charge in [-0.05, 0) is 68.1 Å². The first-order chi connectivity index (χ1) is 11.9. The zero-order valence-electron chi connectivity index (χ0n) is 15.1. The second kappa shape index (κ2) is 8.77. The molecule has 2 aromatic carbocycles. The molecule has 5 heteroatoms. The largest absolute Gasteiger partial charge is 0.491 e. The van der Waals surface area contributed by atoms with Crippen LogP contribution in [0.25, 0.3) is 0 Å². The number of ether oxygens (including phenoxy) is 2. The van der Waals surface area contributed by atoms with Crippen LogP contribution in [-0.2, 0) is 4.79 Å². The Kier molecular flexibility index (Phi) is 6.71. The number of carbonyl (C=O) groups is 1. The number of aryl methyl sites for hydroxylation is 4. The van der Waals surface area contributed by atoms with E-state index in [9.17, 15) is 4.79 Å². The van der Waals surface area contributed by atoms with Gasteiger partial charge in [-0.2, -0.15) is 0 Å². The van der Waals surface area contributed by atoms with E-state index < -0.39 is 0 Å². The van der Waals surface area contributed by atoms with Crippen LogP contribution in [0.5, 0.6) is 11.5 Å². The predicted octanol–water partition coefficient (Wildman–Crippen LogP) is 4.15. The van der Waals surface area contributed by atoms with Crippen LogP contribution in [-0.4, -0.2) is 25.7 Å². The lowest BCUT2D eigenvalue weighted by atomic mass is 10.1. The van der Waals surface area contributed by atoms with Crippen LogP contribution in [0.3, 0.4) is 0 Å². The molecule has 0 saturated carbocycles. The quantitative estimate of drug-likeness (QED) is 0.754. The lowest BCUT2D eigenvalue weighted by molar-refractivity contribution is -0.123. The van der Waals surface area contributed by atoms with Gasteiger partial charge in [0.25, 0.3) is 5.91 Å². The molecule has 2 aromatic rings. The minimum absolute atomic E-state index is 0.0377. The number of benzene rings is 2. The molecule has 25 heavy (non-hydrogen) atoms. The Balaban J connectivity index is 1.73. The Morgan fingerprint density at radius 2 is 1.68 bits per heavy atom. The Labute approximate surface area is 154 Å². The molecule has 0 aliphatic rings. The fourth-order valence-electron chi connectivity index (χ4n) is 2.40. The summed E-state index contributed by atoms with van der Waals surface area (Å²) in [7, 11) is 0. The van der Waals surface area contributed by atoms with Crippen LogP contribution >= 0.6 is 11.6 Å². The van der Waals surface area contributed by atoms with Gasteiger partial charge in [-0.3, -0.25) is 4.79 Å². The van der Waals surface area contributed by atoms with Crippen molar-refractivity contribution >= 4 is 17.5 Å². The summed E-state index contributed by atoms with van der Waals surface area (Å²) >= 11 is 6.12. The third-order valence-electron chi connectivity index (χ3n) is 3.81. The molecule has 2 rings (SSSR count). The number of rotatable bonds is 7. The molecule has 1 amide bonds. The summed E-state index contributed by atoms with van der Waals surface area (Å²) < 4.78 is 11.2. The van der Waals surface area contributed by atoms with Gasteiger partial charge in [-0.15, -0.1) is 0 Å². The molecular formula is C20H24ClNO3. The minimum atomic E-state index is -0.185. The highest BCUT2D eigenvalue weighted by Gasteiger charge is 2.07. The van der Waals surface area contributed by atoms with Crippen LogP contribution in [0.4, 0.5) is 0 Å². The summed E-state index contributed by atoms with van der Waals surface area (Å²) in [6.07, 6.45) is 0. The lowest BCUT2D eigenvalue weighted by Crippen LogP contribution is -2.32. The third kappa shape index (κ3) is 5.68. The van der Waals surface area contributed by atoms with E-state index in [0.717, 1.165) is 33.0 Å². The summed E-state index contributed by atoms with van der Waals surface area (Å²) in [6.45, 7) is 8.64. The Morgan fingerprint density at radius 1 is 1.00 bits per heavy atom. The van der Waals surface area contributed by atoms with E-state index in [-0.39, 0.29) is 12.5 Å². The van der Waals surface area contributed by atoms with E-state index >= 15 is 0 Å². The van der Waals surface area contributed by atoms with Gasteiger partial charge in [-0.25, -0.2) is 0 Å². The fraction of sp³-hybridized carbons (Fsp3) is 0.350. The van der Waals surface area contributed by atoms with E-state index in [0.29, 0.717) is 18.9 Å². The van der Waals surface area contributed by atoms with Crippen LogP contribution in [0.1, 0.15) is 22.3 Å². The highest BCUT2D eigenvalue weighted by atomic mass is 35.5. The number of hydrogen-bond donors (Lipinski definition) is 1. The Hall–Kier alpha value is -2.20. The minimum Gasteiger partial charge on any atom is -0.491 e. The van der Waals surface area contributed by atoms with E-state index in [2.05, 4.69) is 5.32 Å². The molecular weight excluding hydrogens is 338 g/mol. The van der Waals surface area contributed by atoms with Crippen LogP contribution in [0.2, 0.25) is 5.02 Å². The molecule has 0 aliphatic heterocycles. The topological polar surface area (TPSA) is 47.6 Å². The van der Waals surface area contributed by atoms with E-state index in [1.165, 1.54) is 0 Å². The van der Waals surface area contributed by atoms with Gasteiger partial charge in [0.15, 0.2) is 6.61 Å². The van der Waals surface area contributed by atoms with Gasteiger partial charge in [0.2, 0.25) is 0 Å². The van der Waals surface area contributed by atoms with Crippen molar-refractivity contribution in [2.75, 3.05) is 19.8 Å². The van der Waals surface area contributed by atoms with Crippen molar-refractivity contribution < 1.29 is 14.3 Å². The lowest BCUT2D eigenvalue weighted by Gasteiger charge is -2.12. The molecule has 0 saturated heterocycles. The van der Waals surface area contributed by atoms with Crippen molar-refractivity contribution in [3.8, 4) is 11.5 Å². The molecule has 4 nitrogen and oxygen atoms in total. The smallest absolute Gasteiger partial charge is 0.258 e. The first kappa shape index (κ1) is 19.1. The molecule has 0 atom stereocenters. The molecule has 0 fully saturated rings. The van der Waals surface area contributed by atoms with Gasteiger partial charge in [0.05, 0.1) is 6.54 Å². The van der Waals surface area contributed by atoms with Crippen molar-refractivity contribution in [3.63, 3.8) is 0 Å². The maximum absolute atomic E-state index is 11.9. The molecule has 1 N–H and O–H groups in total. The van der Waals surface area contributed by atoms with Gasteiger partial charge < -0.3 is 14.8 Å². The Bertz CT molecular complexity index is 736. The molecule has 0 aliphatic carbocycles. The van der Waals surface area contributed by atoms with Crippen LogP contribution in [0, 0.1) is 27.7 Å². The molecule has 134 valence electrons. The van der Waals surface area contributed by atoms with E-state index in [1.54, 1.807) is 0 Å². The summed E-state index contributed by atoms with van der Waals surface area (Å²) in [5.41, 5.74) is 4.08. The third-order valence-corrected chi connectivity index (χ3v) is 4.40. The predicted molar refractivity (Wildman–Crippen MR) is 101 cm³/mol. The van der Waals surface area contributed by atoms with Gasteiger partial charge in [0.1, 0.15) is 18.1 Å². The highest BCUT2D eigenvalue weighted by Crippen LogP contribution is 2.25. The first-order valence-electron chi connectivity index (χ1n) is 8.23. The number of carbonyl (C=O) groups excluding carboxylic acids is 1. The standard InChI is InChI=1S/C20H24ClNO3/c1-13-5-6-14(2)18(9-13)24-8-7-22-19(23)12-25-17-10-15(3)20(21)16(4)11-17/h5-6,9-11H,7-8,12H2,1-4H3,(H,22,23). The molecule has 0 heterocycles. The molecule has 0 spiro atoms. The van der Waals surface area contributed by atoms with Crippen LogP contribution < -0.4 is 14.8 Å². The monoisotopic (exact) mass is 361 g/mol. The first-order valence-corrected chi connectivity index (χ1v) is 8.61. The van der Waals surface area contributed by atoms with E-state index in [4.69, 9.17) is 21.1 Å². The molecule has 0 radical (unpaired) electrons. The second-order valence-corrected chi connectivity index (χ2v) is 6.51. The average Bonchev–Trinajstić information content (AvgIpc) is 2.57. The molecule has 0 bridgehead atoms. The Morgan fingerprint density at radius 3 is 2.36 bits per heavy atom. The highest BCUT2D eigenvalue weighted by molar-refractivity contribution is 6.32.